The van der Waals surface area contributed by atoms with Gasteiger partial charge in [0.05, 0.1) is 9.52 Å². The maximum atomic E-state index is 3.06. The van der Waals surface area contributed by atoms with E-state index in [1.807, 2.05) is 12.1 Å². The van der Waals surface area contributed by atoms with Crippen molar-refractivity contribution in [2.75, 3.05) is 0 Å². The molecule has 0 bridgehead atoms. The topological polar surface area (TPSA) is 0 Å². The van der Waals surface area contributed by atoms with Crippen molar-refractivity contribution >= 4 is 19.9 Å². The molecule has 0 saturated heterocycles. The molecule has 0 fully saturated rings. The van der Waals surface area contributed by atoms with Gasteiger partial charge in [-0.25, -0.2) is 0 Å². The van der Waals surface area contributed by atoms with Crippen LogP contribution in [0.2, 0.25) is 0 Å². The van der Waals surface area contributed by atoms with Gasteiger partial charge in [0.25, 0.3) is 0 Å². The summed E-state index contributed by atoms with van der Waals surface area (Å²) < 4.78 is 0. The average Bonchev–Trinajstić information content (AvgIpc) is 2.17. The molecule has 0 aliphatic heterocycles. The molecule has 0 N–H and O–H groups in total. The van der Waals surface area contributed by atoms with Crippen LogP contribution in [-0.2, 0) is 0 Å². The van der Waals surface area contributed by atoms with Crippen molar-refractivity contribution in [3.8, 4) is 0 Å². The van der Waals surface area contributed by atoms with Gasteiger partial charge in [-0.15, -0.1) is 0 Å². The Balaban J connectivity index is 2.25. The molecule has 0 atom stereocenters. The molecule has 0 heterocycles. The summed E-state index contributed by atoms with van der Waals surface area (Å²) >= 11 is 0. The van der Waals surface area contributed by atoms with Gasteiger partial charge >= 0.3 is 0 Å². The third-order valence-corrected chi connectivity index (χ3v) is 4.17. The van der Waals surface area contributed by atoms with Crippen LogP contribution >= 0.6 is 0 Å². The van der Waals surface area contributed by atoms with Crippen LogP contribution in [0.4, 0.5) is 0 Å². The van der Waals surface area contributed by atoms with Gasteiger partial charge in [-0.2, -0.15) is 0 Å². The predicted octanol–water partition coefficient (Wildman–Crippen LogP) is 1.22. The summed E-state index contributed by atoms with van der Waals surface area (Å²) in [5, 5.41) is 3.01. The SMILES string of the molecule is Cc1cc(C)cc([SiH2]c2cc[c]cc2)c1. The van der Waals surface area contributed by atoms with E-state index >= 15 is 0 Å². The molecular formula is C14H15Si. The first kappa shape index (κ1) is 10.2. The van der Waals surface area contributed by atoms with E-state index in [9.17, 15) is 0 Å². The van der Waals surface area contributed by atoms with Crippen LogP contribution in [0, 0.1) is 19.9 Å². The fraction of sp³-hybridized carbons (Fsp3) is 0.143. The molecule has 2 rings (SSSR count). The van der Waals surface area contributed by atoms with Crippen molar-refractivity contribution < 1.29 is 0 Å². The first-order valence-corrected chi connectivity index (χ1v) is 6.67. The number of benzene rings is 2. The normalized spacial score (nSPS) is 11.1. The maximum Gasteiger partial charge on any atom is 0.0875 e. The Morgan fingerprint density at radius 1 is 0.867 bits per heavy atom. The molecule has 15 heavy (non-hydrogen) atoms. The summed E-state index contributed by atoms with van der Waals surface area (Å²) in [4.78, 5) is 0. The van der Waals surface area contributed by atoms with Gasteiger partial charge in [0.1, 0.15) is 0 Å². The van der Waals surface area contributed by atoms with Gasteiger partial charge in [-0.1, -0.05) is 64.0 Å². The fourth-order valence-electron chi connectivity index (χ4n) is 1.95. The molecule has 0 spiro atoms. The van der Waals surface area contributed by atoms with Crippen molar-refractivity contribution in [2.45, 2.75) is 13.8 Å². The minimum absolute atomic E-state index is 0.297. The predicted molar refractivity (Wildman–Crippen MR) is 69.0 cm³/mol. The monoisotopic (exact) mass is 211 g/mol. The van der Waals surface area contributed by atoms with Crippen molar-refractivity contribution in [2.24, 2.45) is 0 Å². The minimum atomic E-state index is -0.297. The van der Waals surface area contributed by atoms with Gasteiger partial charge in [0.15, 0.2) is 0 Å². The Kier molecular flexibility index (Phi) is 3.02. The number of aryl methyl sites for hydroxylation is 2. The molecule has 2 aromatic carbocycles. The van der Waals surface area contributed by atoms with E-state index in [2.05, 4.69) is 50.2 Å². The average molecular weight is 211 g/mol. The van der Waals surface area contributed by atoms with Crippen LogP contribution in [0.25, 0.3) is 0 Å². The smallest absolute Gasteiger partial charge is 0.0627 e. The molecular weight excluding hydrogens is 196 g/mol. The number of hydrogen-bond donors (Lipinski definition) is 0. The van der Waals surface area contributed by atoms with Crippen molar-refractivity contribution in [1.82, 2.24) is 0 Å². The van der Waals surface area contributed by atoms with Crippen LogP contribution in [-0.4, -0.2) is 9.52 Å². The Morgan fingerprint density at radius 3 is 2.07 bits per heavy atom. The standard InChI is InChI=1S/C14H15Si/c1-11-8-12(2)10-14(9-11)15-13-6-4-3-5-7-13/h4-10H,15H2,1-2H3. The maximum absolute atomic E-state index is 3.06. The second-order valence-corrected chi connectivity index (χ2v) is 6.07. The largest absolute Gasteiger partial charge is 0.0875 e. The minimum Gasteiger partial charge on any atom is -0.0627 e. The zero-order valence-electron chi connectivity index (χ0n) is 9.25. The molecule has 0 saturated carbocycles. The number of rotatable bonds is 2. The highest BCUT2D eigenvalue weighted by molar-refractivity contribution is 6.67. The highest BCUT2D eigenvalue weighted by Crippen LogP contribution is 1.99. The zero-order chi connectivity index (χ0) is 10.7. The highest BCUT2D eigenvalue weighted by Gasteiger charge is 1.98. The van der Waals surface area contributed by atoms with E-state index in [0.29, 0.717) is 0 Å². The quantitative estimate of drug-likeness (QED) is 0.655. The van der Waals surface area contributed by atoms with Gasteiger partial charge < -0.3 is 0 Å². The Morgan fingerprint density at radius 2 is 1.47 bits per heavy atom. The van der Waals surface area contributed by atoms with E-state index in [1.165, 1.54) is 21.5 Å². The lowest BCUT2D eigenvalue weighted by Crippen LogP contribution is -2.27. The van der Waals surface area contributed by atoms with Crippen molar-refractivity contribution in [3.63, 3.8) is 0 Å². The van der Waals surface area contributed by atoms with Crippen LogP contribution in [0.1, 0.15) is 11.1 Å². The lowest BCUT2D eigenvalue weighted by atomic mass is 10.2. The second kappa shape index (κ2) is 4.45. The zero-order valence-corrected chi connectivity index (χ0v) is 10.7. The molecule has 0 nitrogen and oxygen atoms in total. The molecule has 0 unspecified atom stereocenters. The van der Waals surface area contributed by atoms with Crippen LogP contribution < -0.4 is 10.4 Å². The molecule has 0 aliphatic carbocycles. The van der Waals surface area contributed by atoms with Crippen molar-refractivity contribution in [3.05, 3.63) is 59.7 Å². The van der Waals surface area contributed by atoms with E-state index in [4.69, 9.17) is 0 Å². The summed E-state index contributed by atoms with van der Waals surface area (Å²) in [6.07, 6.45) is 0. The van der Waals surface area contributed by atoms with E-state index in [0.717, 1.165) is 0 Å². The Hall–Kier alpha value is -1.34. The molecule has 75 valence electrons. The van der Waals surface area contributed by atoms with Gasteiger partial charge in [0, 0.05) is 0 Å². The fourth-order valence-corrected chi connectivity index (χ4v) is 3.74. The molecule has 2 aromatic rings. The first-order valence-electron chi connectivity index (χ1n) is 5.26. The summed E-state index contributed by atoms with van der Waals surface area (Å²) in [5.41, 5.74) is 2.75. The van der Waals surface area contributed by atoms with Gasteiger partial charge in [-0.05, 0) is 19.9 Å². The van der Waals surface area contributed by atoms with E-state index < -0.39 is 0 Å². The summed E-state index contributed by atoms with van der Waals surface area (Å²) in [5.74, 6) is 0. The summed E-state index contributed by atoms with van der Waals surface area (Å²) in [6, 6.07) is 18.3. The third kappa shape index (κ3) is 2.80. The van der Waals surface area contributed by atoms with E-state index in [1.54, 1.807) is 0 Å². The molecule has 0 aliphatic rings. The van der Waals surface area contributed by atoms with Crippen LogP contribution in [0.15, 0.2) is 42.5 Å². The highest BCUT2D eigenvalue weighted by atomic mass is 28.2. The molecule has 1 radical (unpaired) electrons. The van der Waals surface area contributed by atoms with Gasteiger partial charge in [0.2, 0.25) is 0 Å². The summed E-state index contributed by atoms with van der Waals surface area (Å²) in [6.45, 7) is 4.34. The van der Waals surface area contributed by atoms with Gasteiger partial charge in [-0.3, -0.25) is 0 Å². The molecule has 0 aromatic heterocycles. The Labute approximate surface area is 93.8 Å². The third-order valence-electron chi connectivity index (χ3n) is 2.48. The summed E-state index contributed by atoms with van der Waals surface area (Å²) in [7, 11) is -0.297. The second-order valence-electron chi connectivity index (χ2n) is 4.08. The lowest BCUT2D eigenvalue weighted by molar-refractivity contribution is 1.40. The number of hydrogen-bond acceptors (Lipinski definition) is 0. The lowest BCUT2D eigenvalue weighted by Gasteiger charge is -2.04. The van der Waals surface area contributed by atoms with Crippen LogP contribution in [0.5, 0.6) is 0 Å². The Bertz CT molecular complexity index is 426. The molecule has 1 heteroatoms. The molecule has 0 amide bonds. The first-order chi connectivity index (χ1) is 7.24. The van der Waals surface area contributed by atoms with Crippen molar-refractivity contribution in [1.29, 1.82) is 0 Å². The van der Waals surface area contributed by atoms with Crippen LogP contribution in [0.3, 0.4) is 0 Å². The van der Waals surface area contributed by atoms with E-state index in [-0.39, 0.29) is 9.52 Å².